The van der Waals surface area contributed by atoms with Gasteiger partial charge in [-0.2, -0.15) is 5.10 Å². The molecule has 1 fully saturated rings. The number of pyridine rings is 1. The molecule has 4 heterocycles. The summed E-state index contributed by atoms with van der Waals surface area (Å²) in [6.45, 7) is 3.31. The molecule has 4 aromatic rings. The van der Waals surface area contributed by atoms with E-state index in [0.717, 1.165) is 66.9 Å². The molecule has 1 amide bonds. The lowest BCUT2D eigenvalue weighted by atomic mass is 10.0. The Hall–Kier alpha value is -3.99. The second-order valence-corrected chi connectivity index (χ2v) is 8.97. The standard InChI is InChI=1S/C26H27F2N7O2/c1-2-16-12-31-26(32-13-16)34-6-3-18(4-7-34)35-24-15-30-23(9-17(24)14-33-35)19-10-22(28)20(11-21(19)27)25(37)29-5-8-36/h9-15,18,36H,2-8H2,1H3,(H,29,37). The number of hydrogen-bond acceptors (Lipinski definition) is 7. The van der Waals surface area contributed by atoms with Crippen molar-refractivity contribution in [1.82, 2.24) is 30.0 Å². The van der Waals surface area contributed by atoms with Crippen LogP contribution in [-0.4, -0.2) is 62.0 Å². The molecule has 11 heteroatoms. The molecule has 3 aromatic heterocycles. The number of rotatable bonds is 7. The summed E-state index contributed by atoms with van der Waals surface area (Å²) < 4.78 is 31.4. The molecule has 1 aliphatic heterocycles. The number of nitrogens with one attached hydrogen (secondary N) is 1. The monoisotopic (exact) mass is 507 g/mol. The van der Waals surface area contributed by atoms with Crippen LogP contribution in [0.5, 0.6) is 0 Å². The minimum atomic E-state index is -0.871. The third kappa shape index (κ3) is 4.99. The van der Waals surface area contributed by atoms with E-state index in [-0.39, 0.29) is 30.5 Å². The van der Waals surface area contributed by atoms with Crippen LogP contribution in [0.1, 0.15) is 41.7 Å². The topological polar surface area (TPSA) is 109 Å². The van der Waals surface area contributed by atoms with Gasteiger partial charge in [0.15, 0.2) is 0 Å². The number of aromatic nitrogens is 5. The van der Waals surface area contributed by atoms with Crippen molar-refractivity contribution in [2.75, 3.05) is 31.1 Å². The average Bonchev–Trinajstić information content (AvgIpc) is 3.36. The van der Waals surface area contributed by atoms with E-state index in [9.17, 15) is 13.6 Å². The Morgan fingerprint density at radius 2 is 1.81 bits per heavy atom. The molecule has 1 aliphatic rings. The lowest BCUT2D eigenvalue weighted by Crippen LogP contribution is -2.36. The highest BCUT2D eigenvalue weighted by Gasteiger charge is 2.24. The highest BCUT2D eigenvalue weighted by atomic mass is 19.1. The largest absolute Gasteiger partial charge is 0.395 e. The predicted molar refractivity (Wildman–Crippen MR) is 134 cm³/mol. The van der Waals surface area contributed by atoms with Gasteiger partial charge in [0.25, 0.3) is 5.91 Å². The second kappa shape index (κ2) is 10.6. The van der Waals surface area contributed by atoms with Gasteiger partial charge in [-0.3, -0.25) is 14.5 Å². The van der Waals surface area contributed by atoms with Gasteiger partial charge in [0, 0.05) is 43.0 Å². The summed E-state index contributed by atoms with van der Waals surface area (Å²) in [6.07, 6.45) is 9.67. The number of hydrogen-bond donors (Lipinski definition) is 2. The SMILES string of the molecule is CCc1cnc(N2CCC(n3ncc4cc(-c5cc(F)c(C(=O)NCCO)cc5F)ncc43)CC2)nc1. The first-order valence-electron chi connectivity index (χ1n) is 12.3. The van der Waals surface area contributed by atoms with Gasteiger partial charge < -0.3 is 15.3 Å². The maximum absolute atomic E-state index is 14.8. The smallest absolute Gasteiger partial charge is 0.254 e. The molecule has 9 nitrogen and oxygen atoms in total. The normalized spacial score (nSPS) is 14.3. The summed E-state index contributed by atoms with van der Waals surface area (Å²) in [6, 6.07) is 3.65. The Morgan fingerprint density at radius 3 is 2.51 bits per heavy atom. The van der Waals surface area contributed by atoms with Gasteiger partial charge in [-0.15, -0.1) is 0 Å². The molecule has 0 aliphatic carbocycles. The van der Waals surface area contributed by atoms with Crippen molar-refractivity contribution in [3.05, 3.63) is 65.7 Å². The van der Waals surface area contributed by atoms with Crippen molar-refractivity contribution < 1.29 is 18.7 Å². The number of carbonyl (C=O) groups is 1. The lowest BCUT2D eigenvalue weighted by molar-refractivity contribution is 0.0940. The van der Waals surface area contributed by atoms with E-state index in [1.54, 1.807) is 18.5 Å². The zero-order valence-electron chi connectivity index (χ0n) is 20.4. The van der Waals surface area contributed by atoms with Crippen LogP contribution in [0.3, 0.4) is 0 Å². The van der Waals surface area contributed by atoms with E-state index < -0.39 is 23.1 Å². The average molecular weight is 508 g/mol. The van der Waals surface area contributed by atoms with Gasteiger partial charge in [-0.1, -0.05) is 6.92 Å². The van der Waals surface area contributed by atoms with Crippen molar-refractivity contribution in [3.8, 4) is 11.3 Å². The number of benzene rings is 1. The van der Waals surface area contributed by atoms with Crippen molar-refractivity contribution >= 4 is 22.8 Å². The van der Waals surface area contributed by atoms with Gasteiger partial charge in [0.1, 0.15) is 11.6 Å². The first kappa shape index (κ1) is 24.7. The third-order valence-electron chi connectivity index (χ3n) is 6.65. The summed E-state index contributed by atoms with van der Waals surface area (Å²) >= 11 is 0. The molecule has 0 bridgehead atoms. The van der Waals surface area contributed by atoms with Crippen molar-refractivity contribution in [2.24, 2.45) is 0 Å². The van der Waals surface area contributed by atoms with E-state index in [1.165, 1.54) is 0 Å². The van der Waals surface area contributed by atoms with E-state index >= 15 is 0 Å². The van der Waals surface area contributed by atoms with Gasteiger partial charge in [0.2, 0.25) is 5.95 Å². The molecule has 1 aromatic carbocycles. The number of amides is 1. The molecule has 0 atom stereocenters. The van der Waals surface area contributed by atoms with Crippen LogP contribution in [0, 0.1) is 11.6 Å². The number of halogens is 2. The zero-order chi connectivity index (χ0) is 25.9. The summed E-state index contributed by atoms with van der Waals surface area (Å²) in [5, 5.41) is 16.5. The molecule has 0 radical (unpaired) electrons. The fourth-order valence-electron chi connectivity index (χ4n) is 4.57. The Labute approximate surface area is 212 Å². The Bertz CT molecular complexity index is 1420. The van der Waals surface area contributed by atoms with E-state index in [2.05, 4.69) is 37.2 Å². The highest BCUT2D eigenvalue weighted by Crippen LogP contribution is 2.30. The number of piperidine rings is 1. The number of aliphatic hydroxyl groups excluding tert-OH is 1. The molecule has 0 spiro atoms. The van der Waals surface area contributed by atoms with Crippen molar-refractivity contribution in [2.45, 2.75) is 32.2 Å². The van der Waals surface area contributed by atoms with E-state index in [0.29, 0.717) is 0 Å². The maximum atomic E-state index is 14.8. The number of fused-ring (bicyclic) bond motifs is 1. The number of nitrogens with zero attached hydrogens (tertiary/aromatic N) is 6. The zero-order valence-corrected chi connectivity index (χ0v) is 20.4. The maximum Gasteiger partial charge on any atom is 0.254 e. The van der Waals surface area contributed by atoms with Gasteiger partial charge >= 0.3 is 0 Å². The summed E-state index contributed by atoms with van der Waals surface area (Å²) in [5.41, 5.74) is 1.69. The van der Waals surface area contributed by atoms with Crippen LogP contribution >= 0.6 is 0 Å². The first-order chi connectivity index (χ1) is 18.0. The summed E-state index contributed by atoms with van der Waals surface area (Å²) in [7, 11) is 0. The van der Waals surface area contributed by atoms with Crippen LogP contribution < -0.4 is 10.2 Å². The fourth-order valence-corrected chi connectivity index (χ4v) is 4.57. The Kier molecular flexibility index (Phi) is 7.04. The van der Waals surface area contributed by atoms with Crippen molar-refractivity contribution in [3.63, 3.8) is 0 Å². The van der Waals surface area contributed by atoms with Gasteiger partial charge in [-0.25, -0.2) is 18.7 Å². The van der Waals surface area contributed by atoms with Gasteiger partial charge in [-0.05, 0) is 43.0 Å². The van der Waals surface area contributed by atoms with E-state index in [4.69, 9.17) is 5.11 Å². The van der Waals surface area contributed by atoms with Crippen LogP contribution in [0.2, 0.25) is 0 Å². The Morgan fingerprint density at radius 1 is 1.05 bits per heavy atom. The third-order valence-corrected chi connectivity index (χ3v) is 6.65. The molecule has 192 valence electrons. The first-order valence-corrected chi connectivity index (χ1v) is 12.3. The fraction of sp³-hybridized carbons (Fsp3) is 0.346. The molecular formula is C26H27F2N7O2. The van der Waals surface area contributed by atoms with Crippen LogP contribution in [0.25, 0.3) is 22.2 Å². The predicted octanol–water partition coefficient (Wildman–Crippen LogP) is 3.29. The molecular weight excluding hydrogens is 480 g/mol. The van der Waals surface area contributed by atoms with E-state index in [1.807, 2.05) is 17.1 Å². The van der Waals surface area contributed by atoms with Crippen LogP contribution in [-0.2, 0) is 6.42 Å². The number of aliphatic hydroxyl groups is 1. The van der Waals surface area contributed by atoms with Gasteiger partial charge in [0.05, 0.1) is 41.8 Å². The minimum Gasteiger partial charge on any atom is -0.395 e. The van der Waals surface area contributed by atoms with Crippen LogP contribution in [0.4, 0.5) is 14.7 Å². The second-order valence-electron chi connectivity index (χ2n) is 8.97. The van der Waals surface area contributed by atoms with Crippen molar-refractivity contribution in [1.29, 1.82) is 0 Å². The number of carbonyl (C=O) groups excluding carboxylic acids is 1. The highest BCUT2D eigenvalue weighted by molar-refractivity contribution is 5.95. The Balaban J connectivity index is 1.33. The summed E-state index contributed by atoms with van der Waals surface area (Å²) in [5.74, 6) is -1.70. The summed E-state index contributed by atoms with van der Waals surface area (Å²) in [4.78, 5) is 27.5. The van der Waals surface area contributed by atoms with Crippen LogP contribution in [0.15, 0.2) is 43.0 Å². The molecule has 5 rings (SSSR count). The molecule has 1 saturated heterocycles. The molecule has 0 saturated carbocycles. The molecule has 2 N–H and O–H groups in total. The number of aryl methyl sites for hydroxylation is 1. The lowest BCUT2D eigenvalue weighted by Gasteiger charge is -2.32. The quantitative estimate of drug-likeness (QED) is 0.395. The molecule has 0 unspecified atom stereocenters. The number of anilines is 1. The molecule has 37 heavy (non-hydrogen) atoms. The minimum absolute atomic E-state index is 0.0479.